The molecule has 5 nitrogen and oxygen atoms in total. The van der Waals surface area contributed by atoms with Gasteiger partial charge < -0.3 is 14.6 Å². The minimum absolute atomic E-state index is 0.0193. The number of nitrogens with one attached hydrogen (secondary N) is 1. The molecule has 2 aromatic rings. The maximum atomic E-state index is 12.0. The van der Waals surface area contributed by atoms with Gasteiger partial charge >= 0.3 is 0 Å². The van der Waals surface area contributed by atoms with E-state index < -0.39 is 0 Å². The van der Waals surface area contributed by atoms with Crippen LogP contribution in [0.15, 0.2) is 18.5 Å². The molecular weight excluding hydrogens is 299 g/mol. The van der Waals surface area contributed by atoms with Crippen molar-refractivity contribution >= 4 is 34.8 Å². The van der Waals surface area contributed by atoms with Crippen molar-refractivity contribution in [3.05, 3.63) is 34.2 Å². The second kappa shape index (κ2) is 6.43. The Hall–Kier alpha value is -1.30. The fourth-order valence-electron chi connectivity index (χ4n) is 1.85. The Bertz CT molecular complexity index is 626. The molecular formula is C13H16Cl2N4O. The fraction of sp³-hybridized carbons (Fsp3) is 0.385. The van der Waals surface area contributed by atoms with Crippen molar-refractivity contribution in [1.29, 1.82) is 0 Å². The molecule has 0 atom stereocenters. The number of nitrogens with zero attached hydrogens (tertiary/aromatic N) is 3. The molecule has 0 aliphatic heterocycles. The fourth-order valence-corrected chi connectivity index (χ4v) is 2.38. The van der Waals surface area contributed by atoms with Gasteiger partial charge in [0.1, 0.15) is 0 Å². The van der Waals surface area contributed by atoms with Crippen LogP contribution in [0.25, 0.3) is 5.65 Å². The molecule has 0 spiro atoms. The van der Waals surface area contributed by atoms with Crippen molar-refractivity contribution in [1.82, 2.24) is 19.6 Å². The van der Waals surface area contributed by atoms with Gasteiger partial charge in [-0.2, -0.15) is 0 Å². The number of pyridine rings is 1. The van der Waals surface area contributed by atoms with Crippen LogP contribution in [0.5, 0.6) is 0 Å². The first-order valence-corrected chi connectivity index (χ1v) is 6.98. The van der Waals surface area contributed by atoms with Gasteiger partial charge in [0.25, 0.3) is 0 Å². The van der Waals surface area contributed by atoms with Crippen LogP contribution in [-0.2, 0) is 11.2 Å². The summed E-state index contributed by atoms with van der Waals surface area (Å²) in [4.78, 5) is 18.1. The Morgan fingerprint density at radius 3 is 2.90 bits per heavy atom. The Balaban J connectivity index is 2.14. The van der Waals surface area contributed by atoms with Gasteiger partial charge in [0.15, 0.2) is 5.65 Å². The molecule has 0 aliphatic carbocycles. The molecule has 0 bridgehead atoms. The average Bonchev–Trinajstić information content (AvgIpc) is 2.78. The van der Waals surface area contributed by atoms with Gasteiger partial charge in [-0.3, -0.25) is 4.79 Å². The highest BCUT2D eigenvalue weighted by Gasteiger charge is 2.13. The number of imidazole rings is 1. The molecule has 0 radical (unpaired) electrons. The maximum Gasteiger partial charge on any atom is 0.228 e. The topological polar surface area (TPSA) is 49.6 Å². The summed E-state index contributed by atoms with van der Waals surface area (Å²) in [5.74, 6) is 0.0193. The van der Waals surface area contributed by atoms with Crippen LogP contribution < -0.4 is 5.32 Å². The molecule has 2 heterocycles. The maximum absolute atomic E-state index is 12.0. The Morgan fingerprint density at radius 1 is 1.45 bits per heavy atom. The van der Waals surface area contributed by atoms with Gasteiger partial charge in [-0.15, -0.1) is 0 Å². The van der Waals surface area contributed by atoms with Crippen LogP contribution in [0, 0.1) is 0 Å². The first-order valence-electron chi connectivity index (χ1n) is 6.22. The highest BCUT2D eigenvalue weighted by atomic mass is 35.5. The molecule has 1 N–H and O–H groups in total. The second-order valence-electron chi connectivity index (χ2n) is 4.57. The van der Waals surface area contributed by atoms with Crippen LogP contribution in [0.2, 0.25) is 10.0 Å². The Labute approximate surface area is 127 Å². The quantitative estimate of drug-likeness (QED) is 0.916. The van der Waals surface area contributed by atoms with E-state index in [0.717, 1.165) is 6.54 Å². The van der Waals surface area contributed by atoms with Gasteiger partial charge in [-0.1, -0.05) is 23.2 Å². The lowest BCUT2D eigenvalue weighted by atomic mass is 10.3. The Morgan fingerprint density at radius 2 is 2.20 bits per heavy atom. The highest BCUT2D eigenvalue weighted by molar-refractivity contribution is 6.36. The van der Waals surface area contributed by atoms with Crippen LogP contribution in [0.1, 0.15) is 5.69 Å². The van der Waals surface area contributed by atoms with Gasteiger partial charge in [-0.05, 0) is 13.1 Å². The van der Waals surface area contributed by atoms with E-state index >= 15 is 0 Å². The van der Waals surface area contributed by atoms with Crippen LogP contribution in [0.3, 0.4) is 0 Å². The normalized spacial score (nSPS) is 11.0. The van der Waals surface area contributed by atoms with Crippen LogP contribution >= 0.6 is 23.2 Å². The third-order valence-electron chi connectivity index (χ3n) is 2.98. The van der Waals surface area contributed by atoms with Gasteiger partial charge in [-0.25, -0.2) is 4.98 Å². The minimum Gasteiger partial charge on any atom is -0.344 e. The SMILES string of the molecule is CNCCN(C)C(=O)Cc1cn2cc(Cl)cc(Cl)c2n1. The van der Waals surface area contributed by atoms with Crippen molar-refractivity contribution in [2.24, 2.45) is 0 Å². The number of hydrogen-bond donors (Lipinski definition) is 1. The molecule has 20 heavy (non-hydrogen) atoms. The summed E-state index contributed by atoms with van der Waals surface area (Å²) in [6.07, 6.45) is 3.74. The molecule has 7 heteroatoms. The van der Waals surface area contributed by atoms with Crippen molar-refractivity contribution in [2.75, 3.05) is 27.2 Å². The predicted molar refractivity (Wildman–Crippen MR) is 80.5 cm³/mol. The van der Waals surface area contributed by atoms with Crippen molar-refractivity contribution in [2.45, 2.75) is 6.42 Å². The van der Waals surface area contributed by atoms with E-state index in [-0.39, 0.29) is 12.3 Å². The van der Waals surface area contributed by atoms with E-state index in [1.54, 1.807) is 34.8 Å². The zero-order valence-corrected chi connectivity index (χ0v) is 12.9. The third-order valence-corrected chi connectivity index (χ3v) is 3.46. The molecule has 1 amide bonds. The summed E-state index contributed by atoms with van der Waals surface area (Å²) < 4.78 is 1.74. The van der Waals surface area contributed by atoms with E-state index in [9.17, 15) is 4.79 Å². The van der Waals surface area contributed by atoms with Gasteiger partial charge in [0.2, 0.25) is 5.91 Å². The van der Waals surface area contributed by atoms with Crippen molar-refractivity contribution < 1.29 is 4.79 Å². The predicted octanol–water partition coefficient (Wildman–Crippen LogP) is 1.86. The van der Waals surface area contributed by atoms with E-state index in [1.807, 2.05) is 7.05 Å². The largest absolute Gasteiger partial charge is 0.344 e. The number of amides is 1. The molecule has 2 aromatic heterocycles. The number of aromatic nitrogens is 2. The number of likely N-dealkylation sites (N-methyl/N-ethyl adjacent to an activating group) is 2. The van der Waals surface area contributed by atoms with Gasteiger partial charge in [0, 0.05) is 32.5 Å². The smallest absolute Gasteiger partial charge is 0.228 e. The lowest BCUT2D eigenvalue weighted by Crippen LogP contribution is -2.33. The summed E-state index contributed by atoms with van der Waals surface area (Å²) >= 11 is 12.0. The number of carbonyl (C=O) groups is 1. The summed E-state index contributed by atoms with van der Waals surface area (Å²) in [7, 11) is 3.63. The summed E-state index contributed by atoms with van der Waals surface area (Å²) in [6, 6.07) is 1.64. The molecule has 2 rings (SSSR count). The molecule has 0 unspecified atom stereocenters. The standard InChI is InChI=1S/C13H16Cl2N4O/c1-16-3-4-18(2)12(20)6-10-8-19-7-9(14)5-11(15)13(19)17-10/h5,7-8,16H,3-4,6H2,1-2H3. The molecule has 0 aliphatic rings. The monoisotopic (exact) mass is 314 g/mol. The molecule has 0 saturated heterocycles. The lowest BCUT2D eigenvalue weighted by Gasteiger charge is -2.15. The zero-order valence-electron chi connectivity index (χ0n) is 11.4. The van der Waals surface area contributed by atoms with E-state index in [1.165, 1.54) is 0 Å². The number of rotatable bonds is 5. The molecule has 0 fully saturated rings. The van der Waals surface area contributed by atoms with Crippen LogP contribution in [-0.4, -0.2) is 47.4 Å². The average molecular weight is 315 g/mol. The number of hydrogen-bond acceptors (Lipinski definition) is 3. The molecule has 0 aromatic carbocycles. The third kappa shape index (κ3) is 3.42. The summed E-state index contributed by atoms with van der Waals surface area (Å²) in [5, 5.41) is 4.01. The molecule has 108 valence electrons. The second-order valence-corrected chi connectivity index (χ2v) is 5.41. The van der Waals surface area contributed by atoms with Crippen LogP contribution in [0.4, 0.5) is 0 Å². The van der Waals surface area contributed by atoms with Crippen molar-refractivity contribution in [3.8, 4) is 0 Å². The van der Waals surface area contributed by atoms with E-state index in [2.05, 4.69) is 10.3 Å². The number of halogens is 2. The first kappa shape index (κ1) is 15.1. The number of carbonyl (C=O) groups excluding carboxylic acids is 1. The minimum atomic E-state index is 0.0193. The molecule has 0 saturated carbocycles. The van der Waals surface area contributed by atoms with Gasteiger partial charge in [0.05, 0.1) is 22.2 Å². The zero-order chi connectivity index (χ0) is 14.7. The van der Waals surface area contributed by atoms with Crippen molar-refractivity contribution in [3.63, 3.8) is 0 Å². The lowest BCUT2D eigenvalue weighted by molar-refractivity contribution is -0.129. The number of fused-ring (bicyclic) bond motifs is 1. The van der Waals surface area contributed by atoms with E-state index in [4.69, 9.17) is 23.2 Å². The first-order chi connectivity index (χ1) is 9.51. The summed E-state index contributed by atoms with van der Waals surface area (Å²) in [5.41, 5.74) is 1.28. The van der Waals surface area contributed by atoms with E-state index in [0.29, 0.717) is 27.9 Å². The highest BCUT2D eigenvalue weighted by Crippen LogP contribution is 2.21. The Kier molecular flexibility index (Phi) is 4.86. The summed E-state index contributed by atoms with van der Waals surface area (Å²) in [6.45, 7) is 1.42.